The van der Waals surface area contributed by atoms with Gasteiger partial charge in [0.05, 0.1) is 93.7 Å². The number of nitrogens with one attached hydrogen (secondary N) is 6. The van der Waals surface area contributed by atoms with E-state index in [1.807, 2.05) is 35.1 Å². The number of fused-ring (bicyclic) bond motifs is 6. The van der Waals surface area contributed by atoms with Gasteiger partial charge < -0.3 is 80.0 Å². The monoisotopic (exact) mass is 1380 g/mol. The molecule has 0 bridgehead atoms. The lowest BCUT2D eigenvalue weighted by molar-refractivity contribution is -0.132. The van der Waals surface area contributed by atoms with Crippen molar-refractivity contribution in [3.05, 3.63) is 113 Å². The number of aromatic nitrogens is 3. The van der Waals surface area contributed by atoms with Crippen molar-refractivity contribution in [2.75, 3.05) is 82.9 Å². The summed E-state index contributed by atoms with van der Waals surface area (Å²) < 4.78 is 42.7. The smallest absolute Gasteiger partial charge is 0.416 e. The van der Waals surface area contributed by atoms with Crippen LogP contribution in [-0.4, -0.2) is 175 Å². The molecule has 28 heteroatoms. The summed E-state index contributed by atoms with van der Waals surface area (Å²) in [6, 6.07) is 17.9. The maximum Gasteiger partial charge on any atom is 0.416 e. The van der Waals surface area contributed by atoms with Crippen LogP contribution in [0.1, 0.15) is 129 Å². The third-order valence-electron chi connectivity index (χ3n) is 20.2. The summed E-state index contributed by atoms with van der Waals surface area (Å²) >= 11 is 0. The lowest BCUT2D eigenvalue weighted by Crippen LogP contribution is -2.55. The van der Waals surface area contributed by atoms with Gasteiger partial charge in [0, 0.05) is 49.6 Å². The minimum Gasteiger partial charge on any atom is -0.497 e. The Bertz CT molecular complexity index is 3970. The number of rotatable bonds is 25. The summed E-state index contributed by atoms with van der Waals surface area (Å²) in [6.07, 6.45) is 5.66. The second kappa shape index (κ2) is 29.8. The second-order valence-corrected chi connectivity index (χ2v) is 27.5. The largest absolute Gasteiger partial charge is 0.497 e. The number of carbonyl (C=O) groups excluding carboxylic acids is 8. The lowest BCUT2D eigenvalue weighted by atomic mass is 10.0. The van der Waals surface area contributed by atoms with Crippen LogP contribution in [0.5, 0.6) is 28.7 Å². The molecule has 3 aliphatic carbocycles. The minimum atomic E-state index is -1.49. The predicted octanol–water partition coefficient (Wildman–Crippen LogP) is 6.75. The van der Waals surface area contributed by atoms with Crippen molar-refractivity contribution >= 4 is 70.3 Å². The van der Waals surface area contributed by atoms with Gasteiger partial charge in [-0.2, -0.15) is 0 Å². The van der Waals surface area contributed by atoms with Crippen LogP contribution < -0.4 is 60.5 Å². The molecule has 28 nitrogen and oxygen atoms in total. The molecular weight excluding hydrogens is 1290 g/mol. The van der Waals surface area contributed by atoms with Crippen LogP contribution in [0.3, 0.4) is 0 Å². The number of aryl methyl sites for hydroxylation is 1. The molecule has 8 atom stereocenters. The molecular formula is C72H88N12O16. The number of benzene rings is 4. The van der Waals surface area contributed by atoms with E-state index in [1.165, 1.54) is 39.0 Å². The molecule has 4 aliphatic heterocycles. The third kappa shape index (κ3) is 15.2. The highest BCUT2D eigenvalue weighted by Crippen LogP contribution is 2.57. The number of anilines is 3. The summed E-state index contributed by atoms with van der Waals surface area (Å²) in [5.74, 6) is -0.396. The molecule has 7 aliphatic rings. The summed E-state index contributed by atoms with van der Waals surface area (Å²) in [4.78, 5) is 113. The normalized spacial score (nSPS) is 21.1. The van der Waals surface area contributed by atoms with Gasteiger partial charge in [0.2, 0.25) is 23.6 Å². The molecule has 7 N–H and O–H groups in total. The number of aliphatic hydroxyl groups excluding tert-OH is 1. The van der Waals surface area contributed by atoms with Gasteiger partial charge in [-0.3, -0.25) is 28.8 Å². The second-order valence-electron chi connectivity index (χ2n) is 27.5. The Morgan fingerprint density at radius 2 is 1.44 bits per heavy atom. The first-order valence-electron chi connectivity index (χ1n) is 34.3. The highest BCUT2D eigenvalue weighted by Gasteiger charge is 2.58. The average molecular weight is 1380 g/mol. The fourth-order valence-electron chi connectivity index (χ4n) is 14.4. The lowest BCUT2D eigenvalue weighted by Gasteiger charge is -2.31. The number of methoxy groups -OCH3 is 3. The van der Waals surface area contributed by atoms with Crippen LogP contribution >= 0.6 is 0 Å². The molecule has 3 fully saturated rings. The van der Waals surface area contributed by atoms with Crippen LogP contribution in [0.2, 0.25) is 0 Å². The van der Waals surface area contributed by atoms with Crippen molar-refractivity contribution in [2.24, 2.45) is 29.1 Å². The highest BCUT2D eigenvalue weighted by molar-refractivity contribution is 6.06. The molecule has 12 rings (SSSR count). The fourth-order valence-corrected chi connectivity index (χ4v) is 14.4. The predicted molar refractivity (Wildman–Crippen MR) is 365 cm³/mol. The third-order valence-corrected chi connectivity index (χ3v) is 20.2. The number of amides is 8. The van der Waals surface area contributed by atoms with Gasteiger partial charge in [-0.1, -0.05) is 43.3 Å². The van der Waals surface area contributed by atoms with Crippen molar-refractivity contribution in [1.82, 2.24) is 46.1 Å². The number of nitrogens with zero attached hydrogens (tertiary/aromatic N) is 6. The molecule has 5 heterocycles. The van der Waals surface area contributed by atoms with Crippen molar-refractivity contribution in [1.29, 1.82) is 0 Å². The van der Waals surface area contributed by atoms with Crippen LogP contribution in [0.15, 0.2) is 79.0 Å². The Kier molecular flexibility index (Phi) is 20.8. The van der Waals surface area contributed by atoms with Crippen molar-refractivity contribution in [3.63, 3.8) is 0 Å². The molecule has 5 aromatic rings. The van der Waals surface area contributed by atoms with E-state index in [-0.39, 0.29) is 84.4 Å². The van der Waals surface area contributed by atoms with Crippen molar-refractivity contribution < 1.29 is 76.6 Å². The minimum absolute atomic E-state index is 0.0647. The van der Waals surface area contributed by atoms with Gasteiger partial charge in [-0.15, -0.1) is 5.10 Å². The van der Waals surface area contributed by atoms with E-state index in [0.29, 0.717) is 78.2 Å². The first-order valence-corrected chi connectivity index (χ1v) is 34.3. The topological polar surface area (TPSA) is 334 Å². The maximum atomic E-state index is 14.5. The van der Waals surface area contributed by atoms with E-state index in [9.17, 15) is 43.5 Å². The van der Waals surface area contributed by atoms with Gasteiger partial charge in [0.15, 0.2) is 29.2 Å². The molecule has 8 amide bonds. The Balaban J connectivity index is 0.601. The van der Waals surface area contributed by atoms with Gasteiger partial charge >= 0.3 is 12.2 Å². The van der Waals surface area contributed by atoms with Crippen LogP contribution in [-0.2, 0) is 48.1 Å². The van der Waals surface area contributed by atoms with Gasteiger partial charge in [0.1, 0.15) is 31.0 Å². The number of aliphatic hydroxyl groups is 1. The number of carbonyl (C=O) groups is 8. The maximum absolute atomic E-state index is 14.5. The number of hydrogen-bond acceptors (Lipinski definition) is 19. The molecule has 0 radical (unpaired) electrons. The Morgan fingerprint density at radius 3 is 2.12 bits per heavy atom. The molecule has 1 spiro atoms. The van der Waals surface area contributed by atoms with Crippen molar-refractivity contribution in [2.45, 2.75) is 135 Å². The first-order chi connectivity index (χ1) is 48.1. The van der Waals surface area contributed by atoms with Gasteiger partial charge in [-0.25, -0.2) is 19.2 Å². The zero-order valence-electron chi connectivity index (χ0n) is 57.6. The van der Waals surface area contributed by atoms with E-state index >= 15 is 0 Å². The Labute approximate surface area is 579 Å². The molecule has 1 aromatic heterocycles. The molecule has 4 aromatic carbocycles. The van der Waals surface area contributed by atoms with E-state index in [0.717, 1.165) is 66.0 Å². The standard InChI is InChI=1S/C72H88N12O16/c1-39(2)64(78-63(86)34-74-62(85)33-75-70(92)99-37-52-48-18-20-53-55(21-19-49(48)52)84(40(3)4)80-79-53)66(88)76-41(5)65(87)77-45-14-10-42(11-15-45)36-100-71(93)83-56-30-61(59(96-8)28-51(56)68(90)82-38-72(22-23-72)31-57(82)69(83)91)98-25-9-24-97-60-29-54-50(27-58(60)95-7)67(89)81-35-44(26-46(81)32-73-54)43-12-16-47(94-6)17-13-43/h10-17,27-30,35,39-41,46,48-49,52,57,64,69,73,91H,9,18-26,31-34,36-38H2,1-8H3,(H,74,85)(H,75,92)(H,76,88)(H,77,87)(H,78,86)/t41-,46-,48+,49-,52?,57-,64-,69?/m0/s1. The van der Waals surface area contributed by atoms with Crippen LogP contribution in [0.4, 0.5) is 26.7 Å². The zero-order chi connectivity index (χ0) is 70.7. The number of hydrogen-bond donors (Lipinski definition) is 7. The molecule has 100 heavy (non-hydrogen) atoms. The Hall–Kier alpha value is -10.1. The van der Waals surface area contributed by atoms with Gasteiger partial charge in [-0.05, 0) is 154 Å². The summed E-state index contributed by atoms with van der Waals surface area (Å²) in [5.41, 5.74) is 6.26. The van der Waals surface area contributed by atoms with E-state index in [2.05, 4.69) is 56.1 Å². The molecule has 2 unspecified atom stereocenters. The molecule has 2 saturated carbocycles. The Morgan fingerprint density at radius 1 is 0.750 bits per heavy atom. The summed E-state index contributed by atoms with van der Waals surface area (Å²) in [6.45, 7) is 9.34. The summed E-state index contributed by atoms with van der Waals surface area (Å²) in [7, 11) is 4.57. The quantitative estimate of drug-likeness (QED) is 0.0297. The van der Waals surface area contributed by atoms with Crippen molar-refractivity contribution in [3.8, 4) is 28.7 Å². The van der Waals surface area contributed by atoms with Gasteiger partial charge in [0.25, 0.3) is 11.8 Å². The molecule has 532 valence electrons. The number of alkyl carbamates (subject to hydrolysis) is 1. The fraction of sp³-hybridized carbons (Fsp3) is 0.500. The molecule has 1 saturated heterocycles. The average Bonchev–Trinajstić information content (AvgIpc) is 1.56. The van der Waals surface area contributed by atoms with E-state index in [4.69, 9.17) is 33.2 Å². The van der Waals surface area contributed by atoms with Crippen LogP contribution in [0.25, 0.3) is 5.57 Å². The highest BCUT2D eigenvalue weighted by atomic mass is 16.6. The SMILES string of the molecule is COc1ccc(C2=CN3C(=O)c4cc(OC)c(OCCCOc5cc6c(cc5OC)C(=O)N5CC7(CC7)C[C@H]5C(O)N6C(=O)OCc5ccc(NC(=O)[C@H](C)NC(=O)[C@@H](NC(=O)CNC(=O)CNC(=O)OCC6[C@H]7CCc8c(nnn8C(C)C)CC[C@@H]67)C(C)C)cc5)cc4NC[C@@H]3C2)cc1. The van der Waals surface area contributed by atoms with Crippen LogP contribution in [0, 0.1) is 29.1 Å². The summed E-state index contributed by atoms with van der Waals surface area (Å²) in [5, 5.41) is 37.3. The first kappa shape index (κ1) is 69.8. The van der Waals surface area contributed by atoms with E-state index in [1.54, 1.807) is 67.2 Å². The number of ether oxygens (including phenoxy) is 7. The zero-order valence-corrected chi connectivity index (χ0v) is 57.6. The van der Waals surface area contributed by atoms with E-state index < -0.39 is 79.2 Å².